The Kier molecular flexibility index (Phi) is 7.71. The van der Waals surface area contributed by atoms with Crippen molar-refractivity contribution in [3.05, 3.63) is 23.9 Å². The minimum absolute atomic E-state index is 0.118. The second kappa shape index (κ2) is 8.47. The Hall–Kier alpha value is -1.62. The molecule has 0 bridgehead atoms. The summed E-state index contributed by atoms with van der Waals surface area (Å²) in [5, 5.41) is 13.8. The molecule has 18 heavy (non-hydrogen) atoms. The standard InChI is InChI=1S/C13H22N2O3/c1-9(2)7-12(15-11(4)17)8-10(3)13(18)14-5-6-16/h8-9,16H,3,5-7H2,1-2,4H3,(H,14,18)(H,15,17)/b12-8-. The third-order valence-corrected chi connectivity index (χ3v) is 2.00. The largest absolute Gasteiger partial charge is 0.395 e. The van der Waals surface area contributed by atoms with E-state index in [1.807, 2.05) is 13.8 Å². The molecule has 0 saturated carbocycles. The number of hydrogen-bond acceptors (Lipinski definition) is 3. The number of aliphatic hydroxyl groups excluding tert-OH is 1. The van der Waals surface area contributed by atoms with Crippen molar-refractivity contribution in [3.63, 3.8) is 0 Å². The van der Waals surface area contributed by atoms with Crippen LogP contribution in [-0.2, 0) is 9.59 Å². The second-order valence-corrected chi connectivity index (χ2v) is 4.45. The van der Waals surface area contributed by atoms with Gasteiger partial charge in [-0.05, 0) is 18.4 Å². The molecular formula is C13H22N2O3. The van der Waals surface area contributed by atoms with E-state index in [0.29, 0.717) is 18.0 Å². The van der Waals surface area contributed by atoms with E-state index in [2.05, 4.69) is 17.2 Å². The summed E-state index contributed by atoms with van der Waals surface area (Å²) in [6, 6.07) is 0. The molecule has 0 atom stereocenters. The van der Waals surface area contributed by atoms with Crippen molar-refractivity contribution in [2.45, 2.75) is 27.2 Å². The summed E-state index contributed by atoms with van der Waals surface area (Å²) >= 11 is 0. The molecule has 2 amide bonds. The summed E-state index contributed by atoms with van der Waals surface area (Å²) < 4.78 is 0. The second-order valence-electron chi connectivity index (χ2n) is 4.45. The molecule has 0 heterocycles. The molecule has 0 spiro atoms. The molecule has 102 valence electrons. The van der Waals surface area contributed by atoms with Crippen molar-refractivity contribution in [2.75, 3.05) is 13.2 Å². The fraction of sp³-hybridized carbons (Fsp3) is 0.538. The van der Waals surface area contributed by atoms with E-state index in [4.69, 9.17) is 5.11 Å². The average molecular weight is 254 g/mol. The minimum Gasteiger partial charge on any atom is -0.395 e. The Morgan fingerprint density at radius 2 is 2.00 bits per heavy atom. The van der Waals surface area contributed by atoms with Gasteiger partial charge in [-0.15, -0.1) is 0 Å². The normalized spacial score (nSPS) is 11.3. The summed E-state index contributed by atoms with van der Waals surface area (Å²) in [7, 11) is 0. The summed E-state index contributed by atoms with van der Waals surface area (Å²) in [6.45, 7) is 9.16. The first-order valence-corrected chi connectivity index (χ1v) is 5.93. The first-order valence-electron chi connectivity index (χ1n) is 5.93. The first-order chi connectivity index (χ1) is 8.36. The molecule has 0 aromatic carbocycles. The molecular weight excluding hydrogens is 232 g/mol. The molecule has 0 aliphatic rings. The highest BCUT2D eigenvalue weighted by molar-refractivity contribution is 5.95. The van der Waals surface area contributed by atoms with E-state index in [-0.39, 0.29) is 30.5 Å². The number of allylic oxidation sites excluding steroid dienone is 1. The number of amides is 2. The maximum absolute atomic E-state index is 11.5. The lowest BCUT2D eigenvalue weighted by Crippen LogP contribution is -2.28. The van der Waals surface area contributed by atoms with Gasteiger partial charge < -0.3 is 15.7 Å². The zero-order valence-corrected chi connectivity index (χ0v) is 11.2. The molecule has 0 aliphatic heterocycles. The Bertz CT molecular complexity index is 346. The van der Waals surface area contributed by atoms with Crippen LogP contribution >= 0.6 is 0 Å². The SMILES string of the molecule is C=C(/C=C(/CC(C)C)NC(C)=O)C(=O)NCCO. The lowest BCUT2D eigenvalue weighted by Gasteiger charge is -2.11. The Morgan fingerprint density at radius 1 is 1.39 bits per heavy atom. The van der Waals surface area contributed by atoms with Gasteiger partial charge in [-0.25, -0.2) is 0 Å². The van der Waals surface area contributed by atoms with Gasteiger partial charge in [0.15, 0.2) is 0 Å². The third-order valence-electron chi connectivity index (χ3n) is 2.00. The number of nitrogens with one attached hydrogen (secondary N) is 2. The highest BCUT2D eigenvalue weighted by Crippen LogP contribution is 2.10. The molecule has 3 N–H and O–H groups in total. The highest BCUT2D eigenvalue weighted by Gasteiger charge is 2.08. The van der Waals surface area contributed by atoms with Gasteiger partial charge >= 0.3 is 0 Å². The molecule has 0 aliphatic carbocycles. The van der Waals surface area contributed by atoms with Crippen molar-refractivity contribution in [2.24, 2.45) is 5.92 Å². The van der Waals surface area contributed by atoms with Crippen LogP contribution in [0.2, 0.25) is 0 Å². The van der Waals surface area contributed by atoms with Crippen LogP contribution < -0.4 is 10.6 Å². The van der Waals surface area contributed by atoms with Gasteiger partial charge in [0, 0.05) is 24.7 Å². The molecule has 0 rings (SSSR count). The fourth-order valence-corrected chi connectivity index (χ4v) is 1.37. The predicted molar refractivity (Wildman–Crippen MR) is 70.6 cm³/mol. The van der Waals surface area contributed by atoms with Crippen LogP contribution in [0.5, 0.6) is 0 Å². The van der Waals surface area contributed by atoms with E-state index in [0.717, 1.165) is 0 Å². The maximum atomic E-state index is 11.5. The summed E-state index contributed by atoms with van der Waals surface area (Å²) in [5.41, 5.74) is 0.925. The van der Waals surface area contributed by atoms with E-state index in [1.165, 1.54) is 6.92 Å². The summed E-state index contributed by atoms with van der Waals surface area (Å²) in [6.07, 6.45) is 2.22. The molecule has 0 unspecified atom stereocenters. The van der Waals surface area contributed by atoms with Gasteiger partial charge in [-0.2, -0.15) is 0 Å². The van der Waals surface area contributed by atoms with E-state index < -0.39 is 0 Å². The van der Waals surface area contributed by atoms with Gasteiger partial charge in [0.1, 0.15) is 0 Å². The van der Waals surface area contributed by atoms with Crippen LogP contribution in [0.15, 0.2) is 23.9 Å². The van der Waals surface area contributed by atoms with Crippen molar-refractivity contribution < 1.29 is 14.7 Å². The summed E-state index contributed by atoms with van der Waals surface area (Å²) in [5.74, 6) is -0.169. The van der Waals surface area contributed by atoms with Crippen LogP contribution in [0.3, 0.4) is 0 Å². The van der Waals surface area contributed by atoms with Crippen LogP contribution in [0, 0.1) is 5.92 Å². The third kappa shape index (κ3) is 7.62. The van der Waals surface area contributed by atoms with Crippen LogP contribution in [0.4, 0.5) is 0 Å². The summed E-state index contributed by atoms with van der Waals surface area (Å²) in [4.78, 5) is 22.6. The zero-order chi connectivity index (χ0) is 14.1. The molecule has 0 aromatic rings. The van der Waals surface area contributed by atoms with Crippen LogP contribution in [-0.4, -0.2) is 30.1 Å². The van der Waals surface area contributed by atoms with Crippen molar-refractivity contribution in [1.82, 2.24) is 10.6 Å². The van der Waals surface area contributed by atoms with Gasteiger partial charge in [0.25, 0.3) is 5.91 Å². The van der Waals surface area contributed by atoms with Gasteiger partial charge in [-0.1, -0.05) is 20.4 Å². The molecule has 0 aromatic heterocycles. The highest BCUT2D eigenvalue weighted by atomic mass is 16.3. The Labute approximate surface area is 108 Å². The molecule has 5 nitrogen and oxygen atoms in total. The quantitative estimate of drug-likeness (QED) is 0.462. The van der Waals surface area contributed by atoms with Crippen molar-refractivity contribution in [1.29, 1.82) is 0 Å². The van der Waals surface area contributed by atoms with Crippen LogP contribution in [0.25, 0.3) is 0 Å². The number of carbonyl (C=O) groups is 2. The van der Waals surface area contributed by atoms with E-state index in [1.54, 1.807) is 6.08 Å². The van der Waals surface area contributed by atoms with Gasteiger partial charge in [0.05, 0.1) is 6.61 Å². The molecule has 0 fully saturated rings. The number of aliphatic hydroxyl groups is 1. The monoisotopic (exact) mass is 254 g/mol. The lowest BCUT2D eigenvalue weighted by atomic mass is 10.1. The molecule has 0 saturated heterocycles. The Balaban J connectivity index is 4.65. The Morgan fingerprint density at radius 3 is 2.44 bits per heavy atom. The number of hydrogen-bond donors (Lipinski definition) is 3. The smallest absolute Gasteiger partial charge is 0.250 e. The van der Waals surface area contributed by atoms with Gasteiger partial charge in [0.2, 0.25) is 5.91 Å². The first kappa shape index (κ1) is 16.4. The fourth-order valence-electron chi connectivity index (χ4n) is 1.37. The minimum atomic E-state index is -0.351. The van der Waals surface area contributed by atoms with Crippen molar-refractivity contribution in [3.8, 4) is 0 Å². The maximum Gasteiger partial charge on any atom is 0.250 e. The molecule has 5 heteroatoms. The number of carbonyl (C=O) groups excluding carboxylic acids is 2. The lowest BCUT2D eigenvalue weighted by molar-refractivity contribution is -0.119. The van der Waals surface area contributed by atoms with Gasteiger partial charge in [-0.3, -0.25) is 9.59 Å². The van der Waals surface area contributed by atoms with E-state index in [9.17, 15) is 9.59 Å². The van der Waals surface area contributed by atoms with E-state index >= 15 is 0 Å². The van der Waals surface area contributed by atoms with Crippen LogP contribution in [0.1, 0.15) is 27.2 Å². The topological polar surface area (TPSA) is 78.4 Å². The predicted octanol–water partition coefficient (Wildman–Crippen LogP) is 0.717. The number of rotatable bonds is 7. The van der Waals surface area contributed by atoms with Crippen molar-refractivity contribution >= 4 is 11.8 Å². The average Bonchev–Trinajstić information content (AvgIpc) is 2.23. The molecule has 0 radical (unpaired) electrons. The zero-order valence-electron chi connectivity index (χ0n) is 11.2.